The molecule has 3 aromatic rings. The molecule has 0 radical (unpaired) electrons. The van der Waals surface area contributed by atoms with Gasteiger partial charge in [0.05, 0.1) is 10.6 Å². The van der Waals surface area contributed by atoms with E-state index in [1.54, 1.807) is 48.5 Å². The van der Waals surface area contributed by atoms with E-state index in [1.807, 2.05) is 26.0 Å². The van der Waals surface area contributed by atoms with Crippen LogP contribution in [-0.4, -0.2) is 43.8 Å². The van der Waals surface area contributed by atoms with E-state index in [4.69, 9.17) is 23.2 Å². The van der Waals surface area contributed by atoms with Gasteiger partial charge >= 0.3 is 0 Å². The van der Waals surface area contributed by atoms with Crippen molar-refractivity contribution < 1.29 is 18.0 Å². The molecule has 224 valence electrons. The van der Waals surface area contributed by atoms with E-state index in [0.29, 0.717) is 27.7 Å². The number of nitrogens with zero attached hydrogens (tertiary/aromatic N) is 2. The molecule has 42 heavy (non-hydrogen) atoms. The number of halogens is 2. The van der Waals surface area contributed by atoms with Gasteiger partial charge in [0.1, 0.15) is 12.6 Å². The molecule has 1 aliphatic rings. The summed E-state index contributed by atoms with van der Waals surface area (Å²) in [5.41, 5.74) is 2.00. The summed E-state index contributed by atoms with van der Waals surface area (Å²) in [5, 5.41) is 3.91. The summed E-state index contributed by atoms with van der Waals surface area (Å²) in [6.07, 6.45) is 5.02. The molecule has 0 heterocycles. The van der Waals surface area contributed by atoms with Crippen molar-refractivity contribution in [1.29, 1.82) is 0 Å². The van der Waals surface area contributed by atoms with Crippen LogP contribution in [0, 0.1) is 0 Å². The minimum absolute atomic E-state index is 0.0133. The van der Waals surface area contributed by atoms with Crippen molar-refractivity contribution in [2.24, 2.45) is 0 Å². The second-order valence-electron chi connectivity index (χ2n) is 10.5. The predicted octanol–water partition coefficient (Wildman–Crippen LogP) is 6.62. The van der Waals surface area contributed by atoms with Crippen LogP contribution in [0.25, 0.3) is 0 Å². The van der Waals surface area contributed by atoms with Crippen LogP contribution in [0.15, 0.2) is 77.7 Å². The van der Waals surface area contributed by atoms with Crippen LogP contribution >= 0.6 is 23.2 Å². The van der Waals surface area contributed by atoms with Crippen molar-refractivity contribution in [2.75, 3.05) is 10.8 Å². The maximum absolute atomic E-state index is 14.2. The Morgan fingerprint density at radius 1 is 0.952 bits per heavy atom. The van der Waals surface area contributed by atoms with Gasteiger partial charge in [-0.05, 0) is 73.2 Å². The van der Waals surface area contributed by atoms with Gasteiger partial charge in [0.15, 0.2) is 0 Å². The summed E-state index contributed by atoms with van der Waals surface area (Å²) in [5.74, 6) is -0.777. The average Bonchev–Trinajstić information content (AvgIpc) is 3.50. The highest BCUT2D eigenvalue weighted by molar-refractivity contribution is 7.92. The molecule has 1 fully saturated rings. The van der Waals surface area contributed by atoms with E-state index >= 15 is 0 Å². The number of sulfonamides is 1. The largest absolute Gasteiger partial charge is 0.352 e. The molecular weight excluding hydrogens is 593 g/mol. The molecule has 7 nitrogen and oxygen atoms in total. The van der Waals surface area contributed by atoms with Crippen LogP contribution in [0.4, 0.5) is 5.69 Å². The van der Waals surface area contributed by atoms with Crippen LogP contribution in [0.2, 0.25) is 10.0 Å². The van der Waals surface area contributed by atoms with E-state index in [-0.39, 0.29) is 23.4 Å². The van der Waals surface area contributed by atoms with Gasteiger partial charge in [-0.15, -0.1) is 0 Å². The summed E-state index contributed by atoms with van der Waals surface area (Å²) >= 11 is 12.6. The van der Waals surface area contributed by atoms with E-state index in [2.05, 4.69) is 5.32 Å². The fourth-order valence-corrected chi connectivity index (χ4v) is 7.17. The minimum Gasteiger partial charge on any atom is -0.352 e. The van der Waals surface area contributed by atoms with Crippen LogP contribution < -0.4 is 9.62 Å². The number of hydrogen-bond donors (Lipinski definition) is 1. The van der Waals surface area contributed by atoms with Crippen molar-refractivity contribution in [3.63, 3.8) is 0 Å². The monoisotopic (exact) mass is 629 g/mol. The molecule has 1 N–H and O–H groups in total. The Balaban J connectivity index is 1.72. The first-order valence-electron chi connectivity index (χ1n) is 14.3. The second kappa shape index (κ2) is 14.4. The fourth-order valence-electron chi connectivity index (χ4n) is 5.27. The lowest BCUT2D eigenvalue weighted by Crippen LogP contribution is -2.53. The van der Waals surface area contributed by atoms with Crippen molar-refractivity contribution in [2.45, 2.75) is 75.9 Å². The third kappa shape index (κ3) is 7.65. The number of aryl methyl sites for hydroxylation is 1. The molecule has 2 amide bonds. The van der Waals surface area contributed by atoms with Crippen LogP contribution in [0.1, 0.15) is 57.1 Å². The van der Waals surface area contributed by atoms with E-state index in [1.165, 1.54) is 17.0 Å². The molecule has 0 bridgehead atoms. The van der Waals surface area contributed by atoms with Crippen molar-refractivity contribution >= 4 is 50.7 Å². The molecular formula is C32H37Cl2N3O4S. The second-order valence-corrected chi connectivity index (χ2v) is 13.2. The predicted molar refractivity (Wildman–Crippen MR) is 168 cm³/mol. The van der Waals surface area contributed by atoms with E-state index in [9.17, 15) is 18.0 Å². The summed E-state index contributed by atoms with van der Waals surface area (Å²) < 4.78 is 29.0. The maximum atomic E-state index is 14.2. The Kier molecular flexibility index (Phi) is 10.9. The van der Waals surface area contributed by atoms with Gasteiger partial charge in [-0.25, -0.2) is 8.42 Å². The normalized spacial score (nSPS) is 14.4. The van der Waals surface area contributed by atoms with E-state index < -0.39 is 28.5 Å². The molecule has 0 spiro atoms. The molecule has 1 aliphatic carbocycles. The molecule has 3 aromatic carbocycles. The third-order valence-corrected chi connectivity index (χ3v) is 10.1. The number of nitrogens with one attached hydrogen (secondary N) is 1. The highest BCUT2D eigenvalue weighted by Crippen LogP contribution is 2.27. The quantitative estimate of drug-likeness (QED) is 0.244. The van der Waals surface area contributed by atoms with Crippen molar-refractivity contribution in [3.8, 4) is 0 Å². The molecule has 0 aromatic heterocycles. The minimum atomic E-state index is -4.12. The third-order valence-electron chi connectivity index (χ3n) is 7.69. The van der Waals surface area contributed by atoms with Crippen LogP contribution in [-0.2, 0) is 32.6 Å². The van der Waals surface area contributed by atoms with E-state index in [0.717, 1.165) is 42.0 Å². The molecule has 1 atom stereocenters. The number of carbonyl (C=O) groups excluding carboxylic acids is 2. The molecule has 0 saturated heterocycles. The van der Waals surface area contributed by atoms with Crippen molar-refractivity contribution in [1.82, 2.24) is 10.2 Å². The fraction of sp³-hybridized carbons (Fsp3) is 0.375. The highest BCUT2D eigenvalue weighted by atomic mass is 35.5. The van der Waals surface area contributed by atoms with Gasteiger partial charge in [-0.2, -0.15) is 0 Å². The molecule has 4 rings (SSSR count). The Morgan fingerprint density at radius 2 is 1.62 bits per heavy atom. The Morgan fingerprint density at radius 3 is 2.21 bits per heavy atom. The number of rotatable bonds is 12. The summed E-state index contributed by atoms with van der Waals surface area (Å²) in [6, 6.07) is 19.3. The van der Waals surface area contributed by atoms with Crippen LogP contribution in [0.5, 0.6) is 0 Å². The number of hydrogen-bond acceptors (Lipinski definition) is 4. The first kappa shape index (κ1) is 31.9. The number of carbonyl (C=O) groups is 2. The summed E-state index contributed by atoms with van der Waals surface area (Å²) in [6.45, 7) is 3.36. The summed E-state index contributed by atoms with van der Waals surface area (Å²) in [4.78, 5) is 29.3. The van der Waals surface area contributed by atoms with Gasteiger partial charge in [0, 0.05) is 22.6 Å². The van der Waals surface area contributed by atoms with Crippen LogP contribution in [0.3, 0.4) is 0 Å². The SMILES string of the molecule is CCc1ccc(N(CC(=O)N(Cc2ccc(Cl)cc2Cl)[C@@H](CC)C(=O)NC2CCCC2)S(=O)(=O)c2ccccc2)cc1. The zero-order chi connectivity index (χ0) is 30.3. The zero-order valence-electron chi connectivity index (χ0n) is 23.9. The number of benzene rings is 3. The Labute approximate surface area is 258 Å². The lowest BCUT2D eigenvalue weighted by atomic mass is 10.1. The lowest BCUT2D eigenvalue weighted by Gasteiger charge is -2.34. The van der Waals surface area contributed by atoms with Gasteiger partial charge in [-0.3, -0.25) is 13.9 Å². The molecule has 10 heteroatoms. The Hall–Kier alpha value is -3.07. The number of anilines is 1. The number of amides is 2. The molecule has 1 saturated carbocycles. The first-order valence-corrected chi connectivity index (χ1v) is 16.5. The molecule has 0 unspecified atom stereocenters. The topological polar surface area (TPSA) is 86.8 Å². The van der Waals surface area contributed by atoms with Gasteiger partial charge in [-0.1, -0.05) is 86.3 Å². The van der Waals surface area contributed by atoms with Gasteiger partial charge in [0.2, 0.25) is 11.8 Å². The van der Waals surface area contributed by atoms with Crippen molar-refractivity contribution in [3.05, 3.63) is 94.0 Å². The highest BCUT2D eigenvalue weighted by Gasteiger charge is 2.34. The average molecular weight is 631 g/mol. The first-order chi connectivity index (χ1) is 20.1. The zero-order valence-corrected chi connectivity index (χ0v) is 26.3. The Bertz CT molecular complexity index is 1480. The smallest absolute Gasteiger partial charge is 0.264 e. The van der Waals surface area contributed by atoms with Gasteiger partial charge in [0.25, 0.3) is 10.0 Å². The maximum Gasteiger partial charge on any atom is 0.264 e. The standard InChI is InChI=1S/C32H37Cl2N3O4S/c1-3-23-14-18-27(19-15-23)37(42(40,41)28-12-6-5-7-13-28)22-31(38)36(21-24-16-17-25(33)20-29(24)34)30(4-2)32(39)35-26-10-8-9-11-26/h5-7,12-20,26,30H,3-4,8-11,21-22H2,1-2H3,(H,35,39)/t30-/m0/s1. The summed E-state index contributed by atoms with van der Waals surface area (Å²) in [7, 11) is -4.12. The lowest BCUT2D eigenvalue weighted by molar-refractivity contribution is -0.140. The van der Waals surface area contributed by atoms with Gasteiger partial charge < -0.3 is 10.2 Å². The molecule has 0 aliphatic heterocycles.